The van der Waals surface area contributed by atoms with Crippen LogP contribution in [-0.2, 0) is 7.05 Å². The average molecular weight is 314 g/mol. The minimum atomic E-state index is -0.0247. The molecule has 1 N–H and O–H groups in total. The highest BCUT2D eigenvalue weighted by atomic mass is 79.9. The Kier molecular flexibility index (Phi) is 4.43. The van der Waals surface area contributed by atoms with Crippen molar-refractivity contribution in [3.63, 3.8) is 0 Å². The Morgan fingerprint density at radius 3 is 2.89 bits per heavy atom. The monoisotopic (exact) mass is 313 g/mol. The first-order chi connectivity index (χ1) is 8.58. The second-order valence-electron chi connectivity index (χ2n) is 5.07. The molecule has 100 valence electrons. The van der Waals surface area contributed by atoms with E-state index in [4.69, 9.17) is 0 Å². The molecule has 1 fully saturated rings. The first-order valence-electron chi connectivity index (χ1n) is 6.51. The smallest absolute Gasteiger partial charge is 0.269 e. The Morgan fingerprint density at radius 1 is 1.56 bits per heavy atom. The number of rotatable bonds is 3. The van der Waals surface area contributed by atoms with Crippen LogP contribution in [0.4, 0.5) is 0 Å². The molecule has 0 saturated heterocycles. The normalized spacial score (nSPS) is 23.9. The third-order valence-corrected chi connectivity index (χ3v) is 4.78. The number of aryl methyl sites for hydroxylation is 2. The Labute approximate surface area is 116 Å². The van der Waals surface area contributed by atoms with Gasteiger partial charge in [-0.25, -0.2) is 0 Å². The van der Waals surface area contributed by atoms with E-state index in [9.17, 15) is 4.79 Å². The molecule has 0 aromatic carbocycles. The number of halogens is 1. The van der Waals surface area contributed by atoms with Crippen LogP contribution < -0.4 is 5.32 Å². The molecule has 0 radical (unpaired) electrons. The molecule has 1 amide bonds. The second-order valence-corrected chi connectivity index (χ2v) is 6.24. The largest absolute Gasteiger partial charge is 0.350 e. The fourth-order valence-electron chi connectivity index (χ4n) is 2.53. The van der Waals surface area contributed by atoms with E-state index in [0.29, 0.717) is 16.4 Å². The van der Waals surface area contributed by atoms with Crippen LogP contribution in [0.3, 0.4) is 0 Å². The quantitative estimate of drug-likeness (QED) is 0.871. The second kappa shape index (κ2) is 5.87. The zero-order valence-corrected chi connectivity index (χ0v) is 12.5. The molecule has 1 aliphatic carbocycles. The zero-order valence-electron chi connectivity index (χ0n) is 10.9. The van der Waals surface area contributed by atoms with E-state index in [1.54, 1.807) is 11.7 Å². The van der Waals surface area contributed by atoms with Crippen molar-refractivity contribution < 1.29 is 4.79 Å². The van der Waals surface area contributed by atoms with Crippen LogP contribution in [0.1, 0.15) is 41.9 Å². The van der Waals surface area contributed by atoms with Crippen LogP contribution in [0.5, 0.6) is 0 Å². The van der Waals surface area contributed by atoms with Crippen LogP contribution in [-0.4, -0.2) is 27.1 Å². The lowest BCUT2D eigenvalue weighted by molar-refractivity contribution is 0.0935. The van der Waals surface area contributed by atoms with Gasteiger partial charge in [0, 0.05) is 18.4 Å². The Bertz CT molecular complexity index is 430. The average Bonchev–Trinajstić information content (AvgIpc) is 2.67. The number of carbonyl (C=O) groups excluding carboxylic acids is 1. The fourth-order valence-corrected chi connectivity index (χ4v) is 3.30. The summed E-state index contributed by atoms with van der Waals surface area (Å²) in [4.78, 5) is 12.6. The van der Waals surface area contributed by atoms with E-state index in [1.807, 2.05) is 13.0 Å². The van der Waals surface area contributed by atoms with Gasteiger partial charge in [-0.2, -0.15) is 5.10 Å². The van der Waals surface area contributed by atoms with Gasteiger partial charge in [0.1, 0.15) is 5.69 Å². The number of aromatic nitrogens is 2. The predicted octanol–water partition coefficient (Wildman–Crippen LogP) is 2.41. The van der Waals surface area contributed by atoms with Crippen molar-refractivity contribution in [3.8, 4) is 0 Å². The molecule has 0 spiro atoms. The van der Waals surface area contributed by atoms with Gasteiger partial charge in [-0.05, 0) is 31.7 Å². The number of hydrogen-bond donors (Lipinski definition) is 1. The van der Waals surface area contributed by atoms with E-state index in [2.05, 4.69) is 26.3 Å². The summed E-state index contributed by atoms with van der Waals surface area (Å²) >= 11 is 3.71. The van der Waals surface area contributed by atoms with Gasteiger partial charge in [0.25, 0.3) is 5.91 Å². The van der Waals surface area contributed by atoms with Crippen molar-refractivity contribution in [1.29, 1.82) is 0 Å². The molecule has 0 aliphatic heterocycles. The van der Waals surface area contributed by atoms with E-state index in [0.717, 1.165) is 12.2 Å². The number of nitrogens with zero attached hydrogens (tertiary/aromatic N) is 2. The van der Waals surface area contributed by atoms with E-state index < -0.39 is 0 Å². The molecule has 18 heavy (non-hydrogen) atoms. The highest BCUT2D eigenvalue weighted by Gasteiger charge is 2.23. The van der Waals surface area contributed by atoms with Crippen molar-refractivity contribution in [2.45, 2.75) is 37.4 Å². The van der Waals surface area contributed by atoms with Gasteiger partial charge in [0.2, 0.25) is 0 Å². The minimum absolute atomic E-state index is 0.0247. The molecule has 2 rings (SSSR count). The fraction of sp³-hybridized carbons (Fsp3) is 0.692. The molecule has 2 unspecified atom stereocenters. The number of amides is 1. The highest BCUT2D eigenvalue weighted by Crippen LogP contribution is 2.29. The summed E-state index contributed by atoms with van der Waals surface area (Å²) in [5.41, 5.74) is 1.51. The molecule has 1 aliphatic rings. The standard InChI is InChI=1S/C13H20BrN3O/c1-9-7-12(17(2)16-9)13(18)15-8-10-5-3-4-6-11(10)14/h7,10-11H,3-6,8H2,1-2H3,(H,15,18). The van der Waals surface area contributed by atoms with Crippen molar-refractivity contribution in [1.82, 2.24) is 15.1 Å². The maximum Gasteiger partial charge on any atom is 0.269 e. The van der Waals surface area contributed by atoms with E-state index in [-0.39, 0.29) is 5.91 Å². The van der Waals surface area contributed by atoms with Crippen LogP contribution in [0.2, 0.25) is 0 Å². The summed E-state index contributed by atoms with van der Waals surface area (Å²) in [5.74, 6) is 0.528. The van der Waals surface area contributed by atoms with Gasteiger partial charge < -0.3 is 5.32 Å². The molecule has 1 heterocycles. The van der Waals surface area contributed by atoms with Crippen LogP contribution in [0, 0.1) is 12.8 Å². The summed E-state index contributed by atoms with van der Waals surface area (Å²) in [7, 11) is 1.80. The first kappa shape index (κ1) is 13.6. The van der Waals surface area contributed by atoms with Gasteiger partial charge in [-0.15, -0.1) is 0 Å². The van der Waals surface area contributed by atoms with Crippen molar-refractivity contribution in [2.24, 2.45) is 13.0 Å². The molecule has 1 aromatic rings. The van der Waals surface area contributed by atoms with Crippen LogP contribution in [0.25, 0.3) is 0 Å². The zero-order chi connectivity index (χ0) is 13.1. The van der Waals surface area contributed by atoms with Gasteiger partial charge in [-0.1, -0.05) is 28.8 Å². The number of alkyl halides is 1. The van der Waals surface area contributed by atoms with Gasteiger partial charge in [-0.3, -0.25) is 9.48 Å². The lowest BCUT2D eigenvalue weighted by Crippen LogP contribution is -2.35. The summed E-state index contributed by atoms with van der Waals surface area (Å²) in [5, 5.41) is 7.21. The highest BCUT2D eigenvalue weighted by molar-refractivity contribution is 9.09. The molecule has 0 bridgehead atoms. The molecule has 2 atom stereocenters. The first-order valence-corrected chi connectivity index (χ1v) is 7.42. The van der Waals surface area contributed by atoms with E-state index in [1.165, 1.54) is 25.7 Å². The Balaban J connectivity index is 1.90. The summed E-state index contributed by atoms with van der Waals surface area (Å²) in [6.45, 7) is 2.64. The molecule has 4 nitrogen and oxygen atoms in total. The summed E-state index contributed by atoms with van der Waals surface area (Å²) in [6, 6.07) is 1.82. The van der Waals surface area contributed by atoms with Crippen LogP contribution >= 0.6 is 15.9 Å². The van der Waals surface area contributed by atoms with Crippen molar-refractivity contribution >= 4 is 21.8 Å². The molecular weight excluding hydrogens is 294 g/mol. The van der Waals surface area contributed by atoms with Gasteiger partial charge >= 0.3 is 0 Å². The molecule has 1 aromatic heterocycles. The lowest BCUT2D eigenvalue weighted by atomic mass is 9.89. The Hall–Kier alpha value is -0.840. The van der Waals surface area contributed by atoms with Crippen molar-refractivity contribution in [2.75, 3.05) is 6.54 Å². The number of nitrogens with one attached hydrogen (secondary N) is 1. The predicted molar refractivity (Wildman–Crippen MR) is 75.0 cm³/mol. The molecule has 1 saturated carbocycles. The number of hydrogen-bond acceptors (Lipinski definition) is 2. The van der Waals surface area contributed by atoms with Crippen molar-refractivity contribution in [3.05, 3.63) is 17.5 Å². The summed E-state index contributed by atoms with van der Waals surface area (Å²) < 4.78 is 1.64. The van der Waals surface area contributed by atoms with E-state index >= 15 is 0 Å². The lowest BCUT2D eigenvalue weighted by Gasteiger charge is -2.27. The molecular formula is C13H20BrN3O. The minimum Gasteiger partial charge on any atom is -0.350 e. The maximum atomic E-state index is 12.0. The third-order valence-electron chi connectivity index (χ3n) is 3.58. The maximum absolute atomic E-state index is 12.0. The molecule has 5 heteroatoms. The van der Waals surface area contributed by atoms with Crippen LogP contribution in [0.15, 0.2) is 6.07 Å². The number of carbonyl (C=O) groups is 1. The topological polar surface area (TPSA) is 46.9 Å². The SMILES string of the molecule is Cc1cc(C(=O)NCC2CCCCC2Br)n(C)n1. The third kappa shape index (κ3) is 3.13. The van der Waals surface area contributed by atoms with Gasteiger partial charge in [0.05, 0.1) is 5.69 Å². The summed E-state index contributed by atoms with van der Waals surface area (Å²) in [6.07, 6.45) is 4.97. The van der Waals surface area contributed by atoms with Gasteiger partial charge in [0.15, 0.2) is 0 Å². The Morgan fingerprint density at radius 2 is 2.28 bits per heavy atom.